The summed E-state index contributed by atoms with van der Waals surface area (Å²) < 4.78 is 5.44. The van der Waals surface area contributed by atoms with Crippen molar-refractivity contribution < 1.29 is 4.42 Å². The van der Waals surface area contributed by atoms with Gasteiger partial charge in [-0.2, -0.15) is 0 Å². The van der Waals surface area contributed by atoms with Crippen molar-refractivity contribution in [3.05, 3.63) is 35.9 Å². The predicted octanol–water partition coefficient (Wildman–Crippen LogP) is 3.14. The van der Waals surface area contributed by atoms with Crippen molar-refractivity contribution in [1.29, 1.82) is 0 Å². The zero-order valence-electron chi connectivity index (χ0n) is 7.81. The fourth-order valence-corrected chi connectivity index (χ4v) is 2.28. The number of nitrogens with two attached hydrogens (primary N) is 1. The zero-order valence-corrected chi connectivity index (χ0v) is 8.62. The van der Waals surface area contributed by atoms with Crippen LogP contribution in [0.1, 0.15) is 0 Å². The van der Waals surface area contributed by atoms with E-state index in [0.717, 1.165) is 21.5 Å². The van der Waals surface area contributed by atoms with Crippen molar-refractivity contribution in [2.24, 2.45) is 0 Å². The average Bonchev–Trinajstić information content (AvgIpc) is 2.83. The van der Waals surface area contributed by atoms with Gasteiger partial charge in [0.2, 0.25) is 0 Å². The Balaban J connectivity index is 2.27. The number of nitrogen functional groups attached to an aromatic ring is 1. The third-order valence-corrected chi connectivity index (χ3v) is 3.13. The minimum atomic E-state index is 0.556. The molecule has 0 aliphatic rings. The first-order valence-electron chi connectivity index (χ1n) is 4.52. The van der Waals surface area contributed by atoms with Crippen LogP contribution in [0.2, 0.25) is 0 Å². The molecule has 0 bridgehead atoms. The van der Waals surface area contributed by atoms with E-state index in [1.54, 1.807) is 6.26 Å². The van der Waals surface area contributed by atoms with Crippen LogP contribution in [0.25, 0.3) is 21.5 Å². The van der Waals surface area contributed by atoms with Crippen LogP contribution in [0.3, 0.4) is 0 Å². The maximum absolute atomic E-state index is 5.60. The minimum Gasteiger partial charge on any atom is -0.464 e. The summed E-state index contributed by atoms with van der Waals surface area (Å²) in [4.78, 5) is 4.24. The van der Waals surface area contributed by atoms with Crippen LogP contribution in [-0.2, 0) is 0 Å². The molecule has 15 heavy (non-hydrogen) atoms. The third-order valence-electron chi connectivity index (χ3n) is 2.23. The van der Waals surface area contributed by atoms with E-state index in [1.165, 1.54) is 11.3 Å². The molecule has 3 nitrogen and oxygen atoms in total. The van der Waals surface area contributed by atoms with Gasteiger partial charge in [-0.3, -0.25) is 0 Å². The number of rotatable bonds is 1. The Hall–Kier alpha value is -1.81. The molecule has 0 radical (unpaired) electrons. The Kier molecular flexibility index (Phi) is 1.76. The number of fused-ring (bicyclic) bond motifs is 1. The van der Waals surface area contributed by atoms with Gasteiger partial charge in [0.05, 0.1) is 5.56 Å². The van der Waals surface area contributed by atoms with Crippen LogP contribution < -0.4 is 5.73 Å². The molecule has 2 heterocycles. The summed E-state index contributed by atoms with van der Waals surface area (Å²) in [5, 5.41) is 3.81. The summed E-state index contributed by atoms with van der Waals surface area (Å²) in [5.74, 6) is 0.556. The van der Waals surface area contributed by atoms with Crippen LogP contribution in [-0.4, -0.2) is 4.98 Å². The van der Waals surface area contributed by atoms with Crippen LogP contribution in [0.15, 0.2) is 40.3 Å². The molecule has 3 rings (SSSR count). The first-order valence-corrected chi connectivity index (χ1v) is 5.40. The SMILES string of the molecule is Nc1csc(-c2coc3ccccc23)n1. The Labute approximate surface area is 90.2 Å². The maximum Gasteiger partial charge on any atom is 0.135 e. The highest BCUT2D eigenvalue weighted by Gasteiger charge is 2.10. The van der Waals surface area contributed by atoms with Crippen LogP contribution >= 0.6 is 11.3 Å². The molecular weight excluding hydrogens is 208 g/mol. The summed E-state index contributed by atoms with van der Waals surface area (Å²) in [6.07, 6.45) is 1.73. The molecular formula is C11H8N2OS. The molecule has 0 aliphatic carbocycles. The minimum absolute atomic E-state index is 0.556. The van der Waals surface area contributed by atoms with Gasteiger partial charge < -0.3 is 10.2 Å². The molecule has 1 aromatic carbocycles. The molecule has 74 valence electrons. The smallest absolute Gasteiger partial charge is 0.135 e. The van der Waals surface area contributed by atoms with Gasteiger partial charge in [0, 0.05) is 10.8 Å². The van der Waals surface area contributed by atoms with Gasteiger partial charge in [-0.15, -0.1) is 11.3 Å². The van der Waals surface area contributed by atoms with Crippen LogP contribution in [0.5, 0.6) is 0 Å². The first kappa shape index (κ1) is 8.49. The molecule has 0 atom stereocenters. The molecule has 0 saturated heterocycles. The van der Waals surface area contributed by atoms with Gasteiger partial charge in [0.15, 0.2) is 0 Å². The quantitative estimate of drug-likeness (QED) is 0.679. The molecule has 4 heteroatoms. The second-order valence-electron chi connectivity index (χ2n) is 3.22. The first-order chi connectivity index (χ1) is 7.34. The molecule has 0 fully saturated rings. The Morgan fingerprint density at radius 3 is 2.93 bits per heavy atom. The monoisotopic (exact) mass is 216 g/mol. The van der Waals surface area contributed by atoms with Gasteiger partial charge in [-0.05, 0) is 6.07 Å². The van der Waals surface area contributed by atoms with Gasteiger partial charge in [0.1, 0.15) is 22.7 Å². The molecule has 3 aromatic rings. The summed E-state index contributed by atoms with van der Waals surface area (Å²) in [6, 6.07) is 7.89. The Morgan fingerprint density at radius 1 is 1.27 bits per heavy atom. The third kappa shape index (κ3) is 1.30. The number of thiazole rings is 1. The fraction of sp³-hybridized carbons (Fsp3) is 0. The van der Waals surface area contributed by atoms with Gasteiger partial charge in [-0.25, -0.2) is 4.98 Å². The van der Waals surface area contributed by atoms with Gasteiger partial charge in [-0.1, -0.05) is 18.2 Å². The number of hydrogen-bond donors (Lipinski definition) is 1. The Morgan fingerprint density at radius 2 is 2.13 bits per heavy atom. The maximum atomic E-state index is 5.60. The molecule has 0 aliphatic heterocycles. The molecule has 0 unspecified atom stereocenters. The molecule has 0 amide bonds. The molecule has 2 N–H and O–H groups in total. The van der Waals surface area contributed by atoms with E-state index in [2.05, 4.69) is 4.98 Å². The average molecular weight is 216 g/mol. The van der Waals surface area contributed by atoms with Crippen molar-refractivity contribution in [2.75, 3.05) is 5.73 Å². The van der Waals surface area contributed by atoms with Gasteiger partial charge >= 0.3 is 0 Å². The summed E-state index contributed by atoms with van der Waals surface area (Å²) in [6.45, 7) is 0. The largest absolute Gasteiger partial charge is 0.464 e. The predicted molar refractivity (Wildman–Crippen MR) is 61.7 cm³/mol. The number of aromatic nitrogens is 1. The summed E-state index contributed by atoms with van der Waals surface area (Å²) in [7, 11) is 0. The number of para-hydroxylation sites is 1. The summed E-state index contributed by atoms with van der Waals surface area (Å²) >= 11 is 1.53. The van der Waals surface area contributed by atoms with Crippen molar-refractivity contribution in [3.63, 3.8) is 0 Å². The topological polar surface area (TPSA) is 52.0 Å². The van der Waals surface area contributed by atoms with E-state index in [0.29, 0.717) is 5.82 Å². The Bertz CT molecular complexity index is 612. The number of anilines is 1. The van der Waals surface area contributed by atoms with E-state index < -0.39 is 0 Å². The highest BCUT2D eigenvalue weighted by atomic mass is 32.1. The number of nitrogens with zero attached hydrogens (tertiary/aromatic N) is 1. The summed E-state index contributed by atoms with van der Waals surface area (Å²) in [5.41, 5.74) is 7.48. The zero-order chi connectivity index (χ0) is 10.3. The molecule has 0 spiro atoms. The van der Waals surface area contributed by atoms with Crippen molar-refractivity contribution in [3.8, 4) is 10.6 Å². The van der Waals surface area contributed by atoms with Crippen molar-refractivity contribution in [1.82, 2.24) is 4.98 Å². The number of hydrogen-bond acceptors (Lipinski definition) is 4. The second-order valence-corrected chi connectivity index (χ2v) is 4.08. The standard InChI is InChI=1S/C11H8N2OS/c12-10-6-15-11(13-10)8-5-14-9-4-2-1-3-7(8)9/h1-6H,12H2. The number of benzene rings is 1. The normalized spacial score (nSPS) is 10.9. The van der Waals surface area contributed by atoms with Gasteiger partial charge in [0.25, 0.3) is 0 Å². The van der Waals surface area contributed by atoms with E-state index in [4.69, 9.17) is 10.2 Å². The second kappa shape index (κ2) is 3.10. The van der Waals surface area contributed by atoms with E-state index in [-0.39, 0.29) is 0 Å². The fourth-order valence-electron chi connectivity index (χ4n) is 1.55. The van der Waals surface area contributed by atoms with Crippen LogP contribution in [0.4, 0.5) is 5.82 Å². The van der Waals surface area contributed by atoms with E-state index >= 15 is 0 Å². The molecule has 2 aromatic heterocycles. The lowest BCUT2D eigenvalue weighted by Gasteiger charge is -1.90. The number of furan rings is 1. The highest BCUT2D eigenvalue weighted by Crippen LogP contribution is 2.32. The van der Waals surface area contributed by atoms with Crippen molar-refractivity contribution >= 4 is 28.1 Å². The van der Waals surface area contributed by atoms with Crippen molar-refractivity contribution in [2.45, 2.75) is 0 Å². The lowest BCUT2D eigenvalue weighted by Crippen LogP contribution is -1.82. The lowest BCUT2D eigenvalue weighted by atomic mass is 10.2. The van der Waals surface area contributed by atoms with Crippen LogP contribution in [0, 0.1) is 0 Å². The molecule has 0 saturated carbocycles. The highest BCUT2D eigenvalue weighted by molar-refractivity contribution is 7.13. The lowest BCUT2D eigenvalue weighted by molar-refractivity contribution is 0.617. The van der Waals surface area contributed by atoms with E-state index in [9.17, 15) is 0 Å². The van der Waals surface area contributed by atoms with E-state index in [1.807, 2.05) is 29.6 Å².